The van der Waals surface area contributed by atoms with Gasteiger partial charge in [-0.1, -0.05) is 32.9 Å². The van der Waals surface area contributed by atoms with Crippen LogP contribution in [0.25, 0.3) is 0 Å². The van der Waals surface area contributed by atoms with Crippen molar-refractivity contribution in [3.8, 4) is 0 Å². The van der Waals surface area contributed by atoms with Crippen molar-refractivity contribution < 1.29 is 18.0 Å². The van der Waals surface area contributed by atoms with Gasteiger partial charge in [-0.15, -0.1) is 0 Å². The number of amides is 2. The minimum atomic E-state index is -3.88. The third kappa shape index (κ3) is 7.40. The molecule has 0 saturated carbocycles. The third-order valence-corrected chi connectivity index (χ3v) is 7.00. The average Bonchev–Trinajstić information content (AvgIpc) is 2.68. The molecule has 2 aromatic rings. The van der Waals surface area contributed by atoms with Gasteiger partial charge < -0.3 is 10.6 Å². The number of carbonyl (C=O) groups is 2. The van der Waals surface area contributed by atoms with Gasteiger partial charge in [0, 0.05) is 19.2 Å². The summed E-state index contributed by atoms with van der Waals surface area (Å²) in [6.07, 6.45) is 0.665. The molecule has 0 spiro atoms. The second-order valence-corrected chi connectivity index (χ2v) is 11.1. The van der Waals surface area contributed by atoms with Crippen molar-refractivity contribution in [1.29, 1.82) is 0 Å². The monoisotopic (exact) mass is 473 g/mol. The molecule has 0 aliphatic carbocycles. The molecule has 180 valence electrons. The van der Waals surface area contributed by atoms with Gasteiger partial charge in [0.1, 0.15) is 0 Å². The minimum Gasteiger partial charge on any atom is -0.354 e. The molecular formula is C25H35N3O4S. The first kappa shape index (κ1) is 26.5. The van der Waals surface area contributed by atoms with Crippen LogP contribution in [0.4, 0.5) is 5.69 Å². The lowest BCUT2D eigenvalue weighted by Gasteiger charge is -2.22. The molecule has 2 rings (SSSR count). The number of rotatable bonds is 8. The van der Waals surface area contributed by atoms with Gasteiger partial charge in [0.2, 0.25) is 21.8 Å². The van der Waals surface area contributed by atoms with E-state index in [1.54, 1.807) is 0 Å². The first-order chi connectivity index (χ1) is 15.2. The van der Waals surface area contributed by atoms with E-state index in [4.69, 9.17) is 0 Å². The second kappa shape index (κ2) is 10.5. The van der Waals surface area contributed by atoms with Crippen LogP contribution in [0.2, 0.25) is 0 Å². The van der Waals surface area contributed by atoms with Gasteiger partial charge >= 0.3 is 0 Å². The minimum absolute atomic E-state index is 0.0152. The molecule has 8 heteroatoms. The Morgan fingerprint density at radius 1 is 1.00 bits per heavy atom. The smallest absolute Gasteiger partial charge is 0.241 e. The predicted molar refractivity (Wildman–Crippen MR) is 132 cm³/mol. The molecule has 0 saturated heterocycles. The van der Waals surface area contributed by atoms with Crippen LogP contribution in [0.1, 0.15) is 56.9 Å². The van der Waals surface area contributed by atoms with E-state index in [1.807, 2.05) is 0 Å². The van der Waals surface area contributed by atoms with Crippen molar-refractivity contribution in [2.75, 3.05) is 11.9 Å². The highest BCUT2D eigenvalue weighted by Crippen LogP contribution is 2.27. The van der Waals surface area contributed by atoms with Crippen molar-refractivity contribution >= 4 is 27.5 Å². The average molecular weight is 474 g/mol. The van der Waals surface area contributed by atoms with Gasteiger partial charge in [-0.3, -0.25) is 9.59 Å². The summed E-state index contributed by atoms with van der Waals surface area (Å²) in [6, 6.07) is 9.20. The second-order valence-electron chi connectivity index (χ2n) is 9.43. The summed E-state index contributed by atoms with van der Waals surface area (Å²) in [5, 5.41) is 5.40. The predicted octanol–water partition coefficient (Wildman–Crippen LogP) is 3.59. The van der Waals surface area contributed by atoms with E-state index < -0.39 is 22.0 Å². The van der Waals surface area contributed by atoms with E-state index in [-0.39, 0.29) is 16.2 Å². The summed E-state index contributed by atoms with van der Waals surface area (Å²) < 4.78 is 27.6. The normalized spacial score (nSPS) is 12.8. The number of benzene rings is 2. The number of carbonyl (C=O) groups excluding carboxylic acids is 2. The lowest BCUT2D eigenvalue weighted by atomic mass is 9.83. The highest BCUT2D eigenvalue weighted by Gasteiger charge is 2.22. The number of hydrogen-bond acceptors (Lipinski definition) is 4. The lowest BCUT2D eigenvalue weighted by Crippen LogP contribution is -2.45. The molecule has 3 N–H and O–H groups in total. The van der Waals surface area contributed by atoms with Crippen molar-refractivity contribution in [3.63, 3.8) is 0 Å². The molecule has 7 nitrogen and oxygen atoms in total. The van der Waals surface area contributed by atoms with Crippen LogP contribution in [-0.4, -0.2) is 32.8 Å². The number of hydrogen-bond donors (Lipinski definition) is 3. The van der Waals surface area contributed by atoms with Crippen LogP contribution >= 0.6 is 0 Å². The molecule has 0 aliphatic heterocycles. The fourth-order valence-electron chi connectivity index (χ4n) is 3.56. The number of sulfonamides is 1. The van der Waals surface area contributed by atoms with Gasteiger partial charge in [-0.2, -0.15) is 4.72 Å². The van der Waals surface area contributed by atoms with Gasteiger partial charge in [0.05, 0.1) is 10.9 Å². The van der Waals surface area contributed by atoms with E-state index in [0.29, 0.717) is 18.7 Å². The van der Waals surface area contributed by atoms with Crippen LogP contribution in [-0.2, 0) is 31.4 Å². The first-order valence-electron chi connectivity index (χ1n) is 11.0. The molecule has 0 bridgehead atoms. The molecule has 2 aromatic carbocycles. The first-order valence-corrected chi connectivity index (χ1v) is 12.5. The van der Waals surface area contributed by atoms with Crippen LogP contribution in [0.15, 0.2) is 41.3 Å². The third-order valence-electron chi connectivity index (χ3n) is 5.45. The van der Waals surface area contributed by atoms with Crippen LogP contribution in [0.3, 0.4) is 0 Å². The zero-order valence-electron chi connectivity index (χ0n) is 20.5. The maximum Gasteiger partial charge on any atom is 0.241 e. The zero-order valence-corrected chi connectivity index (χ0v) is 21.3. The number of aryl methyl sites for hydroxylation is 2. The maximum atomic E-state index is 12.6. The fraction of sp³-hybridized carbons (Fsp3) is 0.440. The highest BCUT2D eigenvalue weighted by molar-refractivity contribution is 7.89. The zero-order chi connectivity index (χ0) is 25.0. The Balaban J connectivity index is 1.96. The molecule has 2 amide bonds. The van der Waals surface area contributed by atoms with E-state index in [9.17, 15) is 18.0 Å². The fourth-order valence-corrected chi connectivity index (χ4v) is 4.76. The van der Waals surface area contributed by atoms with Crippen molar-refractivity contribution in [1.82, 2.24) is 10.0 Å². The summed E-state index contributed by atoms with van der Waals surface area (Å²) in [7, 11) is -3.88. The molecule has 0 fully saturated rings. The van der Waals surface area contributed by atoms with E-state index in [1.165, 1.54) is 60.4 Å². The van der Waals surface area contributed by atoms with E-state index in [2.05, 4.69) is 62.1 Å². The molecule has 0 aromatic heterocycles. The lowest BCUT2D eigenvalue weighted by molar-refractivity contribution is -0.122. The Labute approximate surface area is 197 Å². The summed E-state index contributed by atoms with van der Waals surface area (Å²) in [5.41, 5.74) is 5.40. The van der Waals surface area contributed by atoms with E-state index >= 15 is 0 Å². The summed E-state index contributed by atoms with van der Waals surface area (Å²) in [5.74, 6) is -0.639. The summed E-state index contributed by atoms with van der Waals surface area (Å²) in [4.78, 5) is 23.6. The largest absolute Gasteiger partial charge is 0.354 e. The maximum absolute atomic E-state index is 12.6. The van der Waals surface area contributed by atoms with Gasteiger partial charge in [0.15, 0.2) is 0 Å². The molecule has 0 heterocycles. The van der Waals surface area contributed by atoms with Crippen LogP contribution in [0, 0.1) is 13.8 Å². The number of anilines is 1. The van der Waals surface area contributed by atoms with E-state index in [0.717, 1.165) is 0 Å². The Bertz CT molecular complexity index is 1090. The van der Waals surface area contributed by atoms with Crippen LogP contribution in [0.5, 0.6) is 0 Å². The highest BCUT2D eigenvalue weighted by atomic mass is 32.2. The molecule has 0 unspecified atom stereocenters. The summed E-state index contributed by atoms with van der Waals surface area (Å²) in [6.45, 7) is 14.0. The topological polar surface area (TPSA) is 104 Å². The SMILES string of the molecule is CC(=O)Nc1ccc(S(=O)(=O)N[C@@H](C)C(=O)NCCc2c(C)cc(C(C)(C)C)cc2C)cc1. The van der Waals surface area contributed by atoms with Crippen molar-refractivity contribution in [2.24, 2.45) is 0 Å². The number of nitrogens with one attached hydrogen (secondary N) is 3. The Hall–Kier alpha value is -2.71. The van der Waals surface area contributed by atoms with Crippen LogP contribution < -0.4 is 15.4 Å². The Morgan fingerprint density at radius 3 is 2.03 bits per heavy atom. The molecule has 0 radical (unpaired) electrons. The molecule has 1 atom stereocenters. The Kier molecular flexibility index (Phi) is 8.43. The van der Waals surface area contributed by atoms with Gasteiger partial charge in [-0.05, 0) is 79.1 Å². The standard InChI is InChI=1S/C25H35N3O4S/c1-16-14-20(25(5,6)7)15-17(2)23(16)12-13-26-24(30)18(3)28-33(31,32)22-10-8-21(9-11-22)27-19(4)29/h8-11,14-15,18,28H,12-13H2,1-7H3,(H,26,30)(H,27,29)/t18-/m0/s1. The van der Waals surface area contributed by atoms with Gasteiger partial charge in [0.25, 0.3) is 0 Å². The molecular weight excluding hydrogens is 438 g/mol. The van der Waals surface area contributed by atoms with Crippen molar-refractivity contribution in [3.05, 3.63) is 58.7 Å². The Morgan fingerprint density at radius 2 is 1.55 bits per heavy atom. The van der Waals surface area contributed by atoms with Crippen molar-refractivity contribution in [2.45, 2.75) is 71.2 Å². The summed E-state index contributed by atoms with van der Waals surface area (Å²) >= 11 is 0. The quantitative estimate of drug-likeness (QED) is 0.545. The molecule has 33 heavy (non-hydrogen) atoms. The molecule has 0 aliphatic rings. The van der Waals surface area contributed by atoms with Gasteiger partial charge in [-0.25, -0.2) is 8.42 Å².